The summed E-state index contributed by atoms with van der Waals surface area (Å²) in [5, 5.41) is 3.46. The molecule has 2 heterocycles. The summed E-state index contributed by atoms with van der Waals surface area (Å²) in [5.74, 6) is 3.25. The first-order valence-electron chi connectivity index (χ1n) is 10.4. The van der Waals surface area contributed by atoms with Crippen LogP contribution >= 0.6 is 24.0 Å². The quantitative estimate of drug-likeness (QED) is 0.242. The first-order chi connectivity index (χ1) is 14.2. The van der Waals surface area contributed by atoms with E-state index in [1.54, 1.807) is 21.3 Å². The third kappa shape index (κ3) is 5.94. The summed E-state index contributed by atoms with van der Waals surface area (Å²) < 4.78 is 16.5. The Bertz CT molecular complexity index is 708. The Morgan fingerprint density at radius 2 is 1.77 bits per heavy atom. The molecule has 30 heavy (non-hydrogen) atoms. The first kappa shape index (κ1) is 24.6. The highest BCUT2D eigenvalue weighted by molar-refractivity contribution is 14.0. The number of hydrogen-bond acceptors (Lipinski definition) is 5. The standard InChI is InChI=1S/C22H34N4O3.HI/c1-5-23-22(26-13-9-17(16-26)25-11-6-7-12-25)24-10-8-19-20(28-3)14-18(27-2)15-21(19)29-4;/h6-7,14-15,17H,5,8-13,16H2,1-4H3,(H,23,24);1H. The Labute approximate surface area is 197 Å². The highest BCUT2D eigenvalue weighted by atomic mass is 127. The molecule has 1 saturated heterocycles. The molecule has 0 aromatic heterocycles. The first-order valence-corrected chi connectivity index (χ1v) is 10.4. The molecule has 8 heteroatoms. The van der Waals surface area contributed by atoms with Crippen LogP contribution < -0.4 is 19.5 Å². The molecule has 2 aliphatic rings. The van der Waals surface area contributed by atoms with Gasteiger partial charge in [-0.25, -0.2) is 0 Å². The molecule has 0 saturated carbocycles. The molecule has 168 valence electrons. The number of ether oxygens (including phenoxy) is 3. The van der Waals surface area contributed by atoms with Crippen LogP contribution in [0.2, 0.25) is 0 Å². The van der Waals surface area contributed by atoms with Crippen LogP contribution in [0.15, 0.2) is 29.3 Å². The third-order valence-electron chi connectivity index (χ3n) is 5.60. The summed E-state index contributed by atoms with van der Waals surface area (Å²) in [6, 6.07) is 4.39. The van der Waals surface area contributed by atoms with Gasteiger partial charge in [-0.05, 0) is 19.8 Å². The van der Waals surface area contributed by atoms with Gasteiger partial charge in [-0.15, -0.1) is 24.0 Å². The predicted molar refractivity (Wildman–Crippen MR) is 132 cm³/mol. The zero-order valence-electron chi connectivity index (χ0n) is 18.5. The van der Waals surface area contributed by atoms with Crippen molar-refractivity contribution in [2.24, 2.45) is 4.99 Å². The summed E-state index contributed by atoms with van der Waals surface area (Å²) in [4.78, 5) is 9.82. The minimum atomic E-state index is 0. The Kier molecular flexibility index (Phi) is 10.0. The Balaban J connectivity index is 0.00000320. The molecule has 0 amide bonds. The minimum Gasteiger partial charge on any atom is -0.496 e. The molecule has 7 nitrogen and oxygen atoms in total. The zero-order chi connectivity index (χ0) is 20.6. The SMILES string of the molecule is CCNC(=NCCc1c(OC)cc(OC)cc1OC)N1CCC(N2CC=CC2)C1.I. The van der Waals surface area contributed by atoms with Crippen LogP contribution in [0.1, 0.15) is 18.9 Å². The molecule has 0 aliphatic carbocycles. The van der Waals surface area contributed by atoms with E-state index in [1.807, 2.05) is 12.1 Å². The fourth-order valence-electron chi connectivity index (χ4n) is 4.05. The van der Waals surface area contributed by atoms with E-state index >= 15 is 0 Å². The second-order valence-corrected chi connectivity index (χ2v) is 7.31. The van der Waals surface area contributed by atoms with Gasteiger partial charge in [0.15, 0.2) is 5.96 Å². The number of benzene rings is 1. The molecule has 3 rings (SSSR count). The van der Waals surface area contributed by atoms with Crippen molar-refractivity contribution in [2.75, 3.05) is 60.6 Å². The molecule has 2 aliphatic heterocycles. The molecule has 0 radical (unpaired) electrons. The monoisotopic (exact) mass is 530 g/mol. The maximum atomic E-state index is 5.56. The summed E-state index contributed by atoms with van der Waals surface area (Å²) in [7, 11) is 4.98. The van der Waals surface area contributed by atoms with Gasteiger partial charge >= 0.3 is 0 Å². The maximum Gasteiger partial charge on any atom is 0.193 e. The van der Waals surface area contributed by atoms with E-state index < -0.39 is 0 Å². The van der Waals surface area contributed by atoms with Crippen LogP contribution in [0.25, 0.3) is 0 Å². The molecular formula is C22H35IN4O3. The van der Waals surface area contributed by atoms with Gasteiger partial charge < -0.3 is 24.4 Å². The van der Waals surface area contributed by atoms with Crippen molar-refractivity contribution in [1.82, 2.24) is 15.1 Å². The van der Waals surface area contributed by atoms with E-state index in [4.69, 9.17) is 19.2 Å². The average molecular weight is 530 g/mol. The van der Waals surface area contributed by atoms with Gasteiger partial charge in [0.1, 0.15) is 17.2 Å². The molecule has 1 unspecified atom stereocenters. The zero-order valence-corrected chi connectivity index (χ0v) is 20.8. The second-order valence-electron chi connectivity index (χ2n) is 7.31. The van der Waals surface area contributed by atoms with E-state index in [0.29, 0.717) is 12.6 Å². The lowest BCUT2D eigenvalue weighted by molar-refractivity contribution is 0.259. The number of rotatable bonds is 8. The van der Waals surface area contributed by atoms with Crippen LogP contribution in [-0.4, -0.2) is 82.4 Å². The Morgan fingerprint density at radius 3 is 2.33 bits per heavy atom. The van der Waals surface area contributed by atoms with Crippen molar-refractivity contribution in [3.05, 3.63) is 29.8 Å². The van der Waals surface area contributed by atoms with E-state index in [9.17, 15) is 0 Å². The Hall–Kier alpha value is -1.68. The highest BCUT2D eigenvalue weighted by Crippen LogP contribution is 2.34. The Morgan fingerprint density at radius 1 is 1.10 bits per heavy atom. The van der Waals surface area contributed by atoms with Crippen LogP contribution in [0.4, 0.5) is 0 Å². The van der Waals surface area contributed by atoms with Gasteiger partial charge in [0.2, 0.25) is 0 Å². The van der Waals surface area contributed by atoms with Crippen LogP contribution in [0.3, 0.4) is 0 Å². The molecule has 0 bridgehead atoms. The van der Waals surface area contributed by atoms with Gasteiger partial charge in [-0.2, -0.15) is 0 Å². The minimum absolute atomic E-state index is 0. The van der Waals surface area contributed by atoms with Crippen molar-refractivity contribution in [1.29, 1.82) is 0 Å². The van der Waals surface area contributed by atoms with Crippen molar-refractivity contribution in [2.45, 2.75) is 25.8 Å². The second kappa shape index (κ2) is 12.2. The van der Waals surface area contributed by atoms with Crippen molar-refractivity contribution < 1.29 is 14.2 Å². The van der Waals surface area contributed by atoms with E-state index in [-0.39, 0.29) is 24.0 Å². The number of halogens is 1. The van der Waals surface area contributed by atoms with Crippen LogP contribution in [0.5, 0.6) is 17.2 Å². The van der Waals surface area contributed by atoms with E-state index in [0.717, 1.165) is 67.9 Å². The molecular weight excluding hydrogens is 495 g/mol. The fourth-order valence-corrected chi connectivity index (χ4v) is 4.05. The predicted octanol–water partition coefficient (Wildman–Crippen LogP) is 2.78. The van der Waals surface area contributed by atoms with Crippen molar-refractivity contribution in [3.63, 3.8) is 0 Å². The number of hydrogen-bond donors (Lipinski definition) is 1. The van der Waals surface area contributed by atoms with Crippen LogP contribution in [-0.2, 0) is 6.42 Å². The maximum absolute atomic E-state index is 5.56. The van der Waals surface area contributed by atoms with Gasteiger partial charge in [0.05, 0.1) is 21.3 Å². The van der Waals surface area contributed by atoms with E-state index in [2.05, 4.69) is 34.2 Å². The highest BCUT2D eigenvalue weighted by Gasteiger charge is 2.29. The molecule has 1 aromatic rings. The molecule has 1 fully saturated rings. The average Bonchev–Trinajstić information content (AvgIpc) is 3.44. The third-order valence-corrected chi connectivity index (χ3v) is 5.60. The largest absolute Gasteiger partial charge is 0.496 e. The lowest BCUT2D eigenvalue weighted by atomic mass is 10.1. The van der Waals surface area contributed by atoms with Gasteiger partial charge in [-0.1, -0.05) is 12.2 Å². The molecule has 0 spiro atoms. The van der Waals surface area contributed by atoms with Gasteiger partial charge in [-0.3, -0.25) is 9.89 Å². The lowest BCUT2D eigenvalue weighted by Gasteiger charge is -2.25. The number of nitrogens with one attached hydrogen (secondary N) is 1. The van der Waals surface area contributed by atoms with Crippen molar-refractivity contribution in [3.8, 4) is 17.2 Å². The number of aliphatic imine (C=N–C) groups is 1. The summed E-state index contributed by atoms with van der Waals surface area (Å²) in [6.45, 7) is 7.86. The number of guanidine groups is 1. The molecule has 1 aromatic carbocycles. The summed E-state index contributed by atoms with van der Waals surface area (Å²) in [5.41, 5.74) is 1.01. The molecule has 1 atom stereocenters. The number of methoxy groups -OCH3 is 3. The lowest BCUT2D eigenvalue weighted by Crippen LogP contribution is -2.43. The van der Waals surface area contributed by atoms with E-state index in [1.165, 1.54) is 6.42 Å². The topological polar surface area (TPSA) is 58.6 Å². The smallest absolute Gasteiger partial charge is 0.193 e. The summed E-state index contributed by atoms with van der Waals surface area (Å²) in [6.07, 6.45) is 6.44. The van der Waals surface area contributed by atoms with Crippen molar-refractivity contribution >= 4 is 29.9 Å². The van der Waals surface area contributed by atoms with Gasteiger partial charge in [0, 0.05) is 63.0 Å². The number of likely N-dealkylation sites (tertiary alicyclic amines) is 1. The normalized spacial score (nSPS) is 19.0. The fraction of sp³-hybridized carbons (Fsp3) is 0.591. The van der Waals surface area contributed by atoms with Crippen LogP contribution in [0, 0.1) is 0 Å². The summed E-state index contributed by atoms with van der Waals surface area (Å²) >= 11 is 0. The molecule has 1 N–H and O–H groups in total. The number of nitrogens with zero attached hydrogens (tertiary/aromatic N) is 3. The van der Waals surface area contributed by atoms with Gasteiger partial charge in [0.25, 0.3) is 0 Å².